The molecule has 0 saturated carbocycles. The first kappa shape index (κ1) is 19.1. The number of para-hydroxylation sites is 1. The fourth-order valence-electron chi connectivity index (χ4n) is 5.50. The Balaban J connectivity index is 1.65. The maximum absolute atomic E-state index is 6.23. The van der Waals surface area contributed by atoms with E-state index in [9.17, 15) is 0 Å². The Kier molecular flexibility index (Phi) is 4.13. The molecule has 0 atom stereocenters. The third kappa shape index (κ3) is 2.74. The minimum absolute atomic E-state index is 0.937. The zero-order chi connectivity index (χ0) is 22.6. The molecule has 0 bridgehead atoms. The van der Waals surface area contributed by atoms with E-state index >= 15 is 0 Å². The molecule has 0 amide bonds. The van der Waals surface area contributed by atoms with E-state index in [0.29, 0.717) is 0 Å². The SMILES string of the molecule is Cc1cc(-c2c3ccccc3c(-c3ccccc3)c3ccccc23)cc2c1oc1ccccc12. The number of hydrogen-bond acceptors (Lipinski definition) is 1. The molecule has 34 heavy (non-hydrogen) atoms. The quantitative estimate of drug-likeness (QED) is 0.247. The Morgan fingerprint density at radius 2 is 0.941 bits per heavy atom. The van der Waals surface area contributed by atoms with Gasteiger partial charge in [0, 0.05) is 10.8 Å². The average Bonchev–Trinajstić information content (AvgIpc) is 3.27. The summed E-state index contributed by atoms with van der Waals surface area (Å²) in [5.74, 6) is 0. The van der Waals surface area contributed by atoms with Crippen LogP contribution in [0.15, 0.2) is 120 Å². The van der Waals surface area contributed by atoms with Crippen LogP contribution < -0.4 is 0 Å². The summed E-state index contributed by atoms with van der Waals surface area (Å²) in [7, 11) is 0. The van der Waals surface area contributed by atoms with Gasteiger partial charge in [0.05, 0.1) is 0 Å². The van der Waals surface area contributed by atoms with E-state index in [2.05, 4.69) is 110 Å². The van der Waals surface area contributed by atoms with E-state index in [1.807, 2.05) is 12.1 Å². The lowest BCUT2D eigenvalue weighted by Crippen LogP contribution is -1.91. The van der Waals surface area contributed by atoms with E-state index in [1.54, 1.807) is 0 Å². The zero-order valence-corrected chi connectivity index (χ0v) is 18.9. The summed E-state index contributed by atoms with van der Waals surface area (Å²) in [4.78, 5) is 0. The highest BCUT2D eigenvalue weighted by Gasteiger charge is 2.18. The lowest BCUT2D eigenvalue weighted by atomic mass is 9.85. The summed E-state index contributed by atoms with van der Waals surface area (Å²) in [5.41, 5.74) is 8.11. The number of benzene rings is 6. The van der Waals surface area contributed by atoms with Gasteiger partial charge in [0.1, 0.15) is 11.2 Å². The molecule has 160 valence electrons. The molecule has 6 aromatic carbocycles. The van der Waals surface area contributed by atoms with Gasteiger partial charge in [-0.15, -0.1) is 0 Å². The number of aryl methyl sites for hydroxylation is 1. The van der Waals surface area contributed by atoms with Crippen molar-refractivity contribution in [2.24, 2.45) is 0 Å². The molecule has 7 rings (SSSR count). The first-order valence-electron chi connectivity index (χ1n) is 11.7. The Bertz CT molecular complexity index is 1800. The van der Waals surface area contributed by atoms with Gasteiger partial charge in [-0.25, -0.2) is 0 Å². The third-order valence-electron chi connectivity index (χ3n) is 6.95. The van der Waals surface area contributed by atoms with Crippen molar-refractivity contribution >= 4 is 43.5 Å². The Morgan fingerprint density at radius 3 is 1.56 bits per heavy atom. The van der Waals surface area contributed by atoms with Crippen molar-refractivity contribution in [3.8, 4) is 22.3 Å². The van der Waals surface area contributed by atoms with Gasteiger partial charge in [0.25, 0.3) is 0 Å². The molecule has 0 aliphatic rings. The van der Waals surface area contributed by atoms with Gasteiger partial charge >= 0.3 is 0 Å². The average molecular weight is 435 g/mol. The number of hydrogen-bond donors (Lipinski definition) is 0. The van der Waals surface area contributed by atoms with Crippen LogP contribution in [-0.2, 0) is 0 Å². The van der Waals surface area contributed by atoms with Crippen molar-refractivity contribution < 1.29 is 4.42 Å². The highest BCUT2D eigenvalue weighted by molar-refractivity contribution is 6.22. The second-order valence-electron chi connectivity index (χ2n) is 8.98. The van der Waals surface area contributed by atoms with Gasteiger partial charge in [0.2, 0.25) is 0 Å². The molecule has 0 spiro atoms. The van der Waals surface area contributed by atoms with Gasteiger partial charge in [-0.05, 0) is 74.5 Å². The summed E-state index contributed by atoms with van der Waals surface area (Å²) in [5, 5.41) is 7.43. The molecule has 1 aromatic heterocycles. The van der Waals surface area contributed by atoms with Crippen LogP contribution in [0.3, 0.4) is 0 Å². The summed E-state index contributed by atoms with van der Waals surface area (Å²) >= 11 is 0. The van der Waals surface area contributed by atoms with Crippen LogP contribution in [-0.4, -0.2) is 0 Å². The smallest absolute Gasteiger partial charge is 0.138 e. The van der Waals surface area contributed by atoms with Crippen LogP contribution in [0, 0.1) is 6.92 Å². The summed E-state index contributed by atoms with van der Waals surface area (Å²) in [6, 6.07) is 41.3. The first-order chi connectivity index (χ1) is 16.8. The molecule has 0 N–H and O–H groups in total. The number of furan rings is 1. The Labute approximate surface area is 197 Å². The topological polar surface area (TPSA) is 13.1 Å². The fraction of sp³-hybridized carbons (Fsp3) is 0.0303. The molecular weight excluding hydrogens is 412 g/mol. The minimum atomic E-state index is 0.937. The molecule has 1 heteroatoms. The zero-order valence-electron chi connectivity index (χ0n) is 18.9. The molecule has 0 unspecified atom stereocenters. The second kappa shape index (κ2) is 7.33. The van der Waals surface area contributed by atoms with Crippen molar-refractivity contribution in [1.29, 1.82) is 0 Å². The summed E-state index contributed by atoms with van der Waals surface area (Å²) < 4.78 is 6.23. The largest absolute Gasteiger partial charge is 0.456 e. The predicted molar refractivity (Wildman–Crippen MR) is 144 cm³/mol. The summed E-state index contributed by atoms with van der Waals surface area (Å²) in [6.07, 6.45) is 0. The molecule has 0 fully saturated rings. The van der Waals surface area contributed by atoms with Crippen LogP contribution in [0.5, 0.6) is 0 Å². The maximum atomic E-state index is 6.23. The predicted octanol–water partition coefficient (Wildman–Crippen LogP) is 9.53. The van der Waals surface area contributed by atoms with Crippen molar-refractivity contribution in [3.05, 3.63) is 121 Å². The standard InChI is InChI=1S/C33H22O/c1-21-19-23(20-29-24-13-9-10-18-30(24)34-33(21)29)32-27-16-7-5-14-25(27)31(22-11-3-2-4-12-22)26-15-6-8-17-28(26)32/h2-20H,1H3. The number of rotatable bonds is 2. The van der Waals surface area contributed by atoms with E-state index in [0.717, 1.165) is 22.1 Å². The second-order valence-corrected chi connectivity index (χ2v) is 8.98. The summed E-state index contributed by atoms with van der Waals surface area (Å²) in [6.45, 7) is 2.15. The molecule has 0 aliphatic heterocycles. The highest BCUT2D eigenvalue weighted by atomic mass is 16.3. The Hall–Kier alpha value is -4.36. The van der Waals surface area contributed by atoms with Crippen LogP contribution in [0.4, 0.5) is 0 Å². The van der Waals surface area contributed by atoms with E-state index in [-0.39, 0.29) is 0 Å². The maximum Gasteiger partial charge on any atom is 0.138 e. The molecule has 1 heterocycles. The van der Waals surface area contributed by atoms with Crippen LogP contribution in [0.25, 0.3) is 65.7 Å². The molecule has 7 aromatic rings. The molecule has 1 nitrogen and oxygen atoms in total. The lowest BCUT2D eigenvalue weighted by Gasteiger charge is -2.18. The normalized spacial score (nSPS) is 11.7. The van der Waals surface area contributed by atoms with Crippen molar-refractivity contribution in [2.45, 2.75) is 6.92 Å². The van der Waals surface area contributed by atoms with E-state index in [1.165, 1.54) is 49.2 Å². The fourth-order valence-corrected chi connectivity index (χ4v) is 5.50. The Morgan fingerprint density at radius 1 is 0.441 bits per heavy atom. The third-order valence-corrected chi connectivity index (χ3v) is 6.95. The monoisotopic (exact) mass is 434 g/mol. The van der Waals surface area contributed by atoms with Crippen LogP contribution in [0.1, 0.15) is 5.56 Å². The van der Waals surface area contributed by atoms with Crippen molar-refractivity contribution in [3.63, 3.8) is 0 Å². The van der Waals surface area contributed by atoms with E-state index < -0.39 is 0 Å². The minimum Gasteiger partial charge on any atom is -0.456 e. The van der Waals surface area contributed by atoms with Gasteiger partial charge in [-0.3, -0.25) is 0 Å². The first-order valence-corrected chi connectivity index (χ1v) is 11.7. The van der Waals surface area contributed by atoms with Crippen LogP contribution in [0.2, 0.25) is 0 Å². The van der Waals surface area contributed by atoms with E-state index in [4.69, 9.17) is 4.42 Å². The highest BCUT2D eigenvalue weighted by Crippen LogP contribution is 2.45. The van der Waals surface area contributed by atoms with Gasteiger partial charge < -0.3 is 4.42 Å². The lowest BCUT2D eigenvalue weighted by molar-refractivity contribution is 0.666. The van der Waals surface area contributed by atoms with Crippen molar-refractivity contribution in [1.82, 2.24) is 0 Å². The molecular formula is C33H22O. The van der Waals surface area contributed by atoms with Crippen molar-refractivity contribution in [2.75, 3.05) is 0 Å². The molecule has 0 radical (unpaired) electrons. The van der Waals surface area contributed by atoms with Crippen LogP contribution >= 0.6 is 0 Å². The van der Waals surface area contributed by atoms with Gasteiger partial charge in [0.15, 0.2) is 0 Å². The van der Waals surface area contributed by atoms with Gasteiger partial charge in [-0.1, -0.05) is 97.1 Å². The molecule has 0 saturated heterocycles. The number of fused-ring (bicyclic) bond motifs is 5. The van der Waals surface area contributed by atoms with Gasteiger partial charge in [-0.2, -0.15) is 0 Å². The molecule has 0 aliphatic carbocycles.